The van der Waals surface area contributed by atoms with E-state index in [1.165, 1.54) is 10.7 Å². The number of nitrogens with one attached hydrogen (secondary N) is 1. The van der Waals surface area contributed by atoms with Gasteiger partial charge in [-0.15, -0.1) is 11.3 Å². The largest absolute Gasteiger partial charge is 0.497 e. The zero-order valence-electron chi connectivity index (χ0n) is 17.6. The van der Waals surface area contributed by atoms with Gasteiger partial charge >= 0.3 is 0 Å². The molecule has 31 heavy (non-hydrogen) atoms. The summed E-state index contributed by atoms with van der Waals surface area (Å²) in [5.41, 5.74) is 1.72. The second kappa shape index (κ2) is 9.30. The number of methoxy groups -OCH3 is 1. The lowest BCUT2D eigenvalue weighted by Crippen LogP contribution is -2.43. The number of piperidine rings is 1. The topological polar surface area (TPSA) is 89.4 Å². The van der Waals surface area contributed by atoms with Gasteiger partial charge in [-0.3, -0.25) is 9.59 Å². The van der Waals surface area contributed by atoms with Crippen LogP contribution >= 0.6 is 11.3 Å². The third-order valence-electron chi connectivity index (χ3n) is 5.40. The number of ether oxygens (including phenoxy) is 1. The summed E-state index contributed by atoms with van der Waals surface area (Å²) in [4.78, 5) is 31.1. The fourth-order valence-electron chi connectivity index (χ4n) is 3.63. The van der Waals surface area contributed by atoms with Crippen molar-refractivity contribution in [3.63, 3.8) is 0 Å². The molecule has 0 radical (unpaired) electrons. The Balaban J connectivity index is 1.34. The minimum Gasteiger partial charge on any atom is -0.497 e. The molecule has 2 aromatic heterocycles. The first-order valence-corrected chi connectivity index (χ1v) is 11.1. The molecule has 162 valence electrons. The summed E-state index contributed by atoms with van der Waals surface area (Å²) < 4.78 is 6.51. The molecule has 9 heteroatoms. The van der Waals surface area contributed by atoms with E-state index in [9.17, 15) is 9.59 Å². The van der Waals surface area contributed by atoms with Gasteiger partial charge in [0.1, 0.15) is 16.6 Å². The van der Waals surface area contributed by atoms with Gasteiger partial charge in [0.15, 0.2) is 0 Å². The molecule has 8 nitrogen and oxygen atoms in total. The maximum absolute atomic E-state index is 12.8. The van der Waals surface area contributed by atoms with Crippen molar-refractivity contribution in [2.45, 2.75) is 19.4 Å². The van der Waals surface area contributed by atoms with Crippen molar-refractivity contribution < 1.29 is 9.53 Å². The molecule has 3 aromatic rings. The number of rotatable bonds is 6. The summed E-state index contributed by atoms with van der Waals surface area (Å²) in [5.74, 6) is 1.44. The predicted octanol–water partition coefficient (Wildman–Crippen LogP) is 2.45. The Morgan fingerprint density at radius 3 is 2.81 bits per heavy atom. The van der Waals surface area contributed by atoms with Crippen LogP contribution in [0, 0.1) is 5.92 Å². The van der Waals surface area contributed by atoms with Crippen LogP contribution in [-0.2, 0) is 18.4 Å². The van der Waals surface area contributed by atoms with Crippen LogP contribution in [0.1, 0.15) is 18.5 Å². The summed E-state index contributed by atoms with van der Waals surface area (Å²) in [5, 5.41) is 10.2. The van der Waals surface area contributed by atoms with Gasteiger partial charge in [0.05, 0.1) is 25.3 Å². The predicted molar refractivity (Wildman–Crippen MR) is 120 cm³/mol. The number of benzene rings is 1. The van der Waals surface area contributed by atoms with E-state index in [-0.39, 0.29) is 17.4 Å². The van der Waals surface area contributed by atoms with Crippen LogP contribution in [0.25, 0.3) is 10.6 Å². The second-order valence-corrected chi connectivity index (χ2v) is 8.39. The molecule has 4 rings (SSSR count). The number of anilines is 1. The molecule has 1 aliphatic rings. The summed E-state index contributed by atoms with van der Waals surface area (Å²) in [6.45, 7) is 1.82. The number of hydrogen-bond donors (Lipinski definition) is 1. The first kappa shape index (κ1) is 21.0. The van der Waals surface area contributed by atoms with Gasteiger partial charge in [-0.1, -0.05) is 0 Å². The number of thiazole rings is 1. The van der Waals surface area contributed by atoms with Crippen molar-refractivity contribution >= 4 is 23.1 Å². The second-order valence-electron chi connectivity index (χ2n) is 7.53. The highest BCUT2D eigenvalue weighted by molar-refractivity contribution is 7.13. The van der Waals surface area contributed by atoms with Crippen molar-refractivity contribution in [2.24, 2.45) is 13.0 Å². The average molecular weight is 440 g/mol. The normalized spacial score (nSPS) is 16.2. The van der Waals surface area contributed by atoms with E-state index in [1.807, 2.05) is 29.6 Å². The summed E-state index contributed by atoms with van der Waals surface area (Å²) in [6, 6.07) is 11.0. The van der Waals surface area contributed by atoms with Gasteiger partial charge in [0, 0.05) is 37.1 Å². The van der Waals surface area contributed by atoms with Crippen LogP contribution in [-0.4, -0.2) is 40.9 Å². The molecular weight excluding hydrogens is 414 g/mol. The molecule has 3 heterocycles. The van der Waals surface area contributed by atoms with Crippen LogP contribution in [0.5, 0.6) is 5.75 Å². The molecule has 0 spiro atoms. The van der Waals surface area contributed by atoms with Gasteiger partial charge in [0.25, 0.3) is 5.56 Å². The average Bonchev–Trinajstić information content (AvgIpc) is 3.28. The Bertz CT molecular complexity index is 1110. The van der Waals surface area contributed by atoms with Gasteiger partial charge in [-0.2, -0.15) is 5.10 Å². The van der Waals surface area contributed by atoms with E-state index < -0.39 is 0 Å². The molecule has 1 saturated heterocycles. The third-order valence-corrected chi connectivity index (χ3v) is 6.34. The zero-order chi connectivity index (χ0) is 21.8. The van der Waals surface area contributed by atoms with Crippen molar-refractivity contribution in [1.82, 2.24) is 20.1 Å². The quantitative estimate of drug-likeness (QED) is 0.635. The highest BCUT2D eigenvalue weighted by atomic mass is 32.1. The van der Waals surface area contributed by atoms with Crippen LogP contribution in [0.4, 0.5) is 5.82 Å². The number of nitrogens with zero attached hydrogens (tertiary/aromatic N) is 4. The number of hydrogen-bond acceptors (Lipinski definition) is 7. The lowest BCUT2D eigenvalue weighted by atomic mass is 9.97. The molecule has 0 unspecified atom stereocenters. The van der Waals surface area contributed by atoms with Crippen LogP contribution in [0.15, 0.2) is 46.6 Å². The molecule has 1 amide bonds. The fraction of sp³-hybridized carbons (Fsp3) is 0.364. The maximum Gasteiger partial charge on any atom is 0.266 e. The standard InChI is InChI=1S/C22H25N5O3S/c1-26-20(28)10-9-19(25-26)27-11-3-4-16(13-27)21(29)23-12-17-14-31-22(24-17)15-5-7-18(30-2)8-6-15/h5-10,14,16H,3-4,11-13H2,1-2H3,(H,23,29)/t16-/m1/s1. The Morgan fingerprint density at radius 2 is 2.06 bits per heavy atom. The molecule has 1 atom stereocenters. The van der Waals surface area contributed by atoms with Crippen LogP contribution < -0.4 is 20.5 Å². The number of amides is 1. The number of carbonyl (C=O) groups excluding carboxylic acids is 1. The summed E-state index contributed by atoms with van der Waals surface area (Å²) in [7, 11) is 3.28. The number of aromatic nitrogens is 3. The number of carbonyl (C=O) groups is 1. The van der Waals surface area contributed by atoms with Gasteiger partial charge < -0.3 is 15.0 Å². The zero-order valence-corrected chi connectivity index (χ0v) is 18.4. The Hall–Kier alpha value is -3.20. The summed E-state index contributed by atoms with van der Waals surface area (Å²) >= 11 is 1.56. The third kappa shape index (κ3) is 4.93. The number of aryl methyl sites for hydroxylation is 1. The lowest BCUT2D eigenvalue weighted by Gasteiger charge is -2.32. The first-order valence-electron chi connectivity index (χ1n) is 10.2. The Labute approximate surface area is 184 Å². The maximum atomic E-state index is 12.8. The Morgan fingerprint density at radius 1 is 1.26 bits per heavy atom. The minimum absolute atomic E-state index is 0.0218. The van der Waals surface area contributed by atoms with E-state index in [2.05, 4.69) is 20.3 Å². The lowest BCUT2D eigenvalue weighted by molar-refractivity contribution is -0.125. The molecular formula is C22H25N5O3S. The fourth-order valence-corrected chi connectivity index (χ4v) is 4.46. The monoisotopic (exact) mass is 439 g/mol. The molecule has 1 N–H and O–H groups in total. The van der Waals surface area contributed by atoms with Crippen LogP contribution in [0.2, 0.25) is 0 Å². The van der Waals surface area contributed by atoms with Crippen molar-refractivity contribution in [1.29, 1.82) is 0 Å². The van der Waals surface area contributed by atoms with E-state index in [0.717, 1.165) is 47.2 Å². The smallest absolute Gasteiger partial charge is 0.266 e. The minimum atomic E-state index is -0.146. The van der Waals surface area contributed by atoms with E-state index in [4.69, 9.17) is 4.74 Å². The molecule has 0 aliphatic carbocycles. The first-order chi connectivity index (χ1) is 15.0. The van der Waals surface area contributed by atoms with Crippen LogP contribution in [0.3, 0.4) is 0 Å². The van der Waals surface area contributed by atoms with Crippen molar-refractivity contribution in [3.8, 4) is 16.3 Å². The molecule has 0 bridgehead atoms. The SMILES string of the molecule is COc1ccc(-c2nc(CNC(=O)[C@@H]3CCCN(c4ccc(=O)n(C)n4)C3)cs2)cc1. The molecule has 1 aromatic carbocycles. The van der Waals surface area contributed by atoms with Crippen molar-refractivity contribution in [2.75, 3.05) is 25.1 Å². The van der Waals surface area contributed by atoms with E-state index in [1.54, 1.807) is 31.6 Å². The summed E-state index contributed by atoms with van der Waals surface area (Å²) in [6.07, 6.45) is 1.74. The Kier molecular flexibility index (Phi) is 6.31. The van der Waals surface area contributed by atoms with Gasteiger partial charge in [0.2, 0.25) is 5.91 Å². The van der Waals surface area contributed by atoms with E-state index >= 15 is 0 Å². The highest BCUT2D eigenvalue weighted by Gasteiger charge is 2.26. The van der Waals surface area contributed by atoms with Gasteiger partial charge in [-0.25, -0.2) is 9.67 Å². The molecule has 1 aliphatic heterocycles. The molecule has 0 saturated carbocycles. The highest BCUT2D eigenvalue weighted by Crippen LogP contribution is 2.26. The molecule has 1 fully saturated rings. The van der Waals surface area contributed by atoms with Gasteiger partial charge in [-0.05, 0) is 43.2 Å². The van der Waals surface area contributed by atoms with Crippen molar-refractivity contribution in [3.05, 3.63) is 57.8 Å². The van der Waals surface area contributed by atoms with E-state index in [0.29, 0.717) is 13.1 Å².